The molecule has 9 heteroatoms. The number of tetrazole rings is 1. The van der Waals surface area contributed by atoms with Crippen LogP contribution in [0.15, 0.2) is 32.6 Å². The zero-order chi connectivity index (χ0) is 18.1. The standard InChI is InChI=1S/C17H18N4O4S/c1-10-14(22)5-4-13-11(7-15(23)25-16(10)13)9-26-17-18-19-20-21(17)8-12-3-2-6-24-12/h4-5,7,12,22H,2-3,6,8-9H2,1H3/t12-/m1/s1. The number of ether oxygens (including phenoxy) is 1. The Morgan fingerprint density at radius 2 is 2.31 bits per heavy atom. The minimum Gasteiger partial charge on any atom is -0.508 e. The molecule has 0 spiro atoms. The van der Waals surface area contributed by atoms with E-state index in [0.29, 0.717) is 28.6 Å². The highest BCUT2D eigenvalue weighted by Gasteiger charge is 2.19. The Hall–Kier alpha value is -2.39. The van der Waals surface area contributed by atoms with Gasteiger partial charge in [0.25, 0.3) is 0 Å². The Bertz CT molecular complexity index is 994. The monoisotopic (exact) mass is 374 g/mol. The van der Waals surface area contributed by atoms with Crippen molar-refractivity contribution in [3.05, 3.63) is 39.7 Å². The topological polar surface area (TPSA) is 103 Å². The van der Waals surface area contributed by atoms with Gasteiger partial charge in [-0.1, -0.05) is 11.8 Å². The van der Waals surface area contributed by atoms with Crippen molar-refractivity contribution >= 4 is 22.7 Å². The van der Waals surface area contributed by atoms with E-state index in [1.165, 1.54) is 17.8 Å². The van der Waals surface area contributed by atoms with E-state index in [9.17, 15) is 9.90 Å². The maximum absolute atomic E-state index is 11.9. The summed E-state index contributed by atoms with van der Waals surface area (Å²) in [5, 5.41) is 23.2. The molecule has 0 unspecified atom stereocenters. The van der Waals surface area contributed by atoms with Crippen LogP contribution in [-0.2, 0) is 17.0 Å². The van der Waals surface area contributed by atoms with E-state index in [1.54, 1.807) is 23.7 Å². The molecule has 0 bridgehead atoms. The SMILES string of the molecule is Cc1c(O)ccc2c(CSc3nnnn3C[C@H]3CCCO3)cc(=O)oc12. The lowest BCUT2D eigenvalue weighted by atomic mass is 10.1. The average molecular weight is 374 g/mol. The molecule has 0 aliphatic carbocycles. The molecule has 1 atom stereocenters. The molecule has 4 rings (SSSR count). The third-order valence-electron chi connectivity index (χ3n) is 4.47. The summed E-state index contributed by atoms with van der Waals surface area (Å²) in [7, 11) is 0. The lowest BCUT2D eigenvalue weighted by molar-refractivity contribution is 0.0912. The summed E-state index contributed by atoms with van der Waals surface area (Å²) in [5.74, 6) is 0.615. The Kier molecular flexibility index (Phi) is 4.64. The highest BCUT2D eigenvalue weighted by Crippen LogP contribution is 2.30. The van der Waals surface area contributed by atoms with Crippen molar-refractivity contribution in [1.29, 1.82) is 0 Å². The lowest BCUT2D eigenvalue weighted by Gasteiger charge is -2.10. The molecule has 1 aliphatic rings. The van der Waals surface area contributed by atoms with E-state index in [2.05, 4.69) is 15.5 Å². The molecule has 1 aliphatic heterocycles. The van der Waals surface area contributed by atoms with Gasteiger partial charge in [0.05, 0.1) is 12.6 Å². The first kappa shape index (κ1) is 17.0. The number of hydrogen-bond donors (Lipinski definition) is 1. The molecule has 1 N–H and O–H groups in total. The van der Waals surface area contributed by atoms with Gasteiger partial charge in [-0.05, 0) is 47.9 Å². The van der Waals surface area contributed by atoms with E-state index < -0.39 is 5.63 Å². The van der Waals surface area contributed by atoms with Gasteiger partial charge < -0.3 is 14.3 Å². The molecule has 8 nitrogen and oxygen atoms in total. The molecule has 3 heterocycles. The van der Waals surface area contributed by atoms with Crippen molar-refractivity contribution in [3.8, 4) is 5.75 Å². The van der Waals surface area contributed by atoms with Gasteiger partial charge in [0, 0.05) is 29.4 Å². The van der Waals surface area contributed by atoms with Gasteiger partial charge in [-0.15, -0.1) is 5.10 Å². The molecule has 0 amide bonds. The van der Waals surface area contributed by atoms with Crippen molar-refractivity contribution in [2.45, 2.75) is 43.3 Å². The number of benzene rings is 1. The van der Waals surface area contributed by atoms with Crippen LogP contribution in [-0.4, -0.2) is 38.0 Å². The number of nitrogens with zero attached hydrogens (tertiary/aromatic N) is 4. The van der Waals surface area contributed by atoms with Crippen molar-refractivity contribution in [2.24, 2.45) is 0 Å². The molecule has 2 aromatic heterocycles. The second-order valence-corrected chi connectivity index (χ2v) is 7.19. The van der Waals surface area contributed by atoms with Crippen LogP contribution in [0.2, 0.25) is 0 Å². The normalized spacial score (nSPS) is 17.2. The van der Waals surface area contributed by atoms with Gasteiger partial charge in [-0.2, -0.15) is 0 Å². The Labute approximate surface area is 153 Å². The highest BCUT2D eigenvalue weighted by atomic mass is 32.2. The summed E-state index contributed by atoms with van der Waals surface area (Å²) < 4.78 is 12.7. The predicted octanol–water partition coefficient (Wildman–Crippen LogP) is 2.26. The number of phenols is 1. The van der Waals surface area contributed by atoms with Crippen LogP contribution in [0, 0.1) is 6.92 Å². The summed E-state index contributed by atoms with van der Waals surface area (Å²) >= 11 is 1.45. The van der Waals surface area contributed by atoms with E-state index in [4.69, 9.17) is 9.15 Å². The molecule has 0 radical (unpaired) electrons. The first-order valence-corrected chi connectivity index (χ1v) is 9.36. The fraction of sp³-hybridized carbons (Fsp3) is 0.412. The molecule has 1 fully saturated rings. The Morgan fingerprint density at radius 3 is 3.12 bits per heavy atom. The van der Waals surface area contributed by atoms with E-state index in [0.717, 1.165) is 30.4 Å². The summed E-state index contributed by atoms with van der Waals surface area (Å²) in [4.78, 5) is 11.9. The summed E-state index contributed by atoms with van der Waals surface area (Å²) in [6.07, 6.45) is 2.22. The van der Waals surface area contributed by atoms with Crippen molar-refractivity contribution in [2.75, 3.05) is 6.61 Å². The maximum atomic E-state index is 11.9. The number of aromatic nitrogens is 4. The van der Waals surface area contributed by atoms with E-state index in [-0.39, 0.29) is 11.9 Å². The van der Waals surface area contributed by atoms with Crippen molar-refractivity contribution in [1.82, 2.24) is 20.2 Å². The summed E-state index contributed by atoms with van der Waals surface area (Å²) in [6, 6.07) is 4.83. The molecule has 1 aromatic carbocycles. The number of hydrogen-bond acceptors (Lipinski definition) is 8. The zero-order valence-electron chi connectivity index (χ0n) is 14.2. The smallest absolute Gasteiger partial charge is 0.336 e. The van der Waals surface area contributed by atoms with Crippen LogP contribution in [0.1, 0.15) is 24.0 Å². The Morgan fingerprint density at radius 1 is 1.42 bits per heavy atom. The van der Waals surface area contributed by atoms with Gasteiger partial charge >= 0.3 is 5.63 Å². The number of aryl methyl sites for hydroxylation is 1. The van der Waals surface area contributed by atoms with E-state index in [1.807, 2.05) is 0 Å². The minimum absolute atomic E-state index is 0.103. The average Bonchev–Trinajstić information content (AvgIpc) is 3.29. The summed E-state index contributed by atoms with van der Waals surface area (Å²) in [6.45, 7) is 3.13. The molecule has 1 saturated heterocycles. The number of fused-ring (bicyclic) bond motifs is 1. The van der Waals surface area contributed by atoms with Crippen molar-refractivity contribution in [3.63, 3.8) is 0 Å². The van der Waals surface area contributed by atoms with Crippen molar-refractivity contribution < 1.29 is 14.3 Å². The van der Waals surface area contributed by atoms with E-state index >= 15 is 0 Å². The second-order valence-electron chi connectivity index (χ2n) is 6.24. The van der Waals surface area contributed by atoms with Crippen LogP contribution >= 0.6 is 11.8 Å². The first-order valence-electron chi connectivity index (χ1n) is 8.37. The fourth-order valence-corrected chi connectivity index (χ4v) is 3.95. The lowest BCUT2D eigenvalue weighted by Crippen LogP contribution is -2.16. The zero-order valence-corrected chi connectivity index (χ0v) is 15.0. The van der Waals surface area contributed by atoms with Crippen LogP contribution in [0.25, 0.3) is 11.0 Å². The van der Waals surface area contributed by atoms with Gasteiger partial charge in [-0.25, -0.2) is 9.48 Å². The Balaban J connectivity index is 1.58. The maximum Gasteiger partial charge on any atom is 0.336 e. The van der Waals surface area contributed by atoms with Crippen LogP contribution in [0.4, 0.5) is 0 Å². The number of rotatable bonds is 5. The third-order valence-corrected chi connectivity index (χ3v) is 5.48. The van der Waals surface area contributed by atoms with Crippen LogP contribution in [0.3, 0.4) is 0 Å². The largest absolute Gasteiger partial charge is 0.508 e. The molecule has 3 aromatic rings. The summed E-state index contributed by atoms with van der Waals surface area (Å²) in [5.41, 5.74) is 1.33. The molecule has 136 valence electrons. The number of thioether (sulfide) groups is 1. The number of aromatic hydroxyl groups is 1. The molecular weight excluding hydrogens is 356 g/mol. The molecular formula is C17H18N4O4S. The molecule has 0 saturated carbocycles. The number of phenolic OH excluding ortho intramolecular Hbond substituents is 1. The van der Waals surface area contributed by atoms with Gasteiger partial charge in [0.1, 0.15) is 11.3 Å². The minimum atomic E-state index is -0.444. The highest BCUT2D eigenvalue weighted by molar-refractivity contribution is 7.98. The third kappa shape index (κ3) is 3.32. The predicted molar refractivity (Wildman–Crippen MR) is 95.2 cm³/mol. The van der Waals surface area contributed by atoms with Crippen LogP contribution < -0.4 is 5.63 Å². The fourth-order valence-electron chi connectivity index (χ4n) is 3.07. The first-order chi connectivity index (χ1) is 12.6. The molecule has 26 heavy (non-hydrogen) atoms. The van der Waals surface area contributed by atoms with Crippen LogP contribution in [0.5, 0.6) is 5.75 Å². The second kappa shape index (κ2) is 7.08. The quantitative estimate of drug-likeness (QED) is 0.536. The van der Waals surface area contributed by atoms with Gasteiger partial charge in [0.2, 0.25) is 5.16 Å². The van der Waals surface area contributed by atoms with Gasteiger partial charge in [-0.3, -0.25) is 0 Å². The van der Waals surface area contributed by atoms with Gasteiger partial charge in [0.15, 0.2) is 0 Å².